The van der Waals surface area contributed by atoms with Gasteiger partial charge in [-0.2, -0.15) is 0 Å². The molecule has 2 atom stereocenters. The molecular formula is C16H34N2O2. The minimum Gasteiger partial charge on any atom is -0.480 e. The summed E-state index contributed by atoms with van der Waals surface area (Å²) in [5.41, 5.74) is -0.877. The molecule has 0 rings (SSSR count). The third kappa shape index (κ3) is 6.23. The predicted octanol–water partition coefficient (Wildman–Crippen LogP) is 2.97. The van der Waals surface area contributed by atoms with Crippen molar-refractivity contribution in [1.82, 2.24) is 10.2 Å². The molecule has 0 aliphatic carbocycles. The van der Waals surface area contributed by atoms with Gasteiger partial charge in [0.05, 0.1) is 0 Å². The van der Waals surface area contributed by atoms with Crippen LogP contribution in [-0.4, -0.2) is 46.2 Å². The molecule has 0 aromatic rings. The molecular weight excluding hydrogens is 252 g/mol. The van der Waals surface area contributed by atoms with E-state index in [2.05, 4.69) is 44.8 Å². The van der Waals surface area contributed by atoms with Gasteiger partial charge >= 0.3 is 5.97 Å². The first-order chi connectivity index (χ1) is 8.99. The van der Waals surface area contributed by atoms with E-state index in [1.54, 1.807) is 6.92 Å². The maximum atomic E-state index is 11.6. The zero-order valence-corrected chi connectivity index (χ0v) is 14.5. The van der Waals surface area contributed by atoms with Crippen LogP contribution in [-0.2, 0) is 4.79 Å². The smallest absolute Gasteiger partial charge is 0.323 e. The van der Waals surface area contributed by atoms with E-state index >= 15 is 0 Å². The molecule has 0 aliphatic heterocycles. The summed E-state index contributed by atoms with van der Waals surface area (Å²) in [7, 11) is 0. The van der Waals surface area contributed by atoms with Crippen LogP contribution in [0.1, 0.15) is 61.8 Å². The monoisotopic (exact) mass is 286 g/mol. The van der Waals surface area contributed by atoms with E-state index in [0.29, 0.717) is 18.4 Å². The van der Waals surface area contributed by atoms with E-state index in [1.807, 2.05) is 13.8 Å². The molecule has 0 bridgehead atoms. The van der Waals surface area contributed by atoms with E-state index in [0.717, 1.165) is 6.54 Å². The van der Waals surface area contributed by atoms with Gasteiger partial charge in [0.1, 0.15) is 5.54 Å². The van der Waals surface area contributed by atoms with E-state index in [1.165, 1.54) is 0 Å². The molecule has 2 N–H and O–H groups in total. The fourth-order valence-electron chi connectivity index (χ4n) is 2.87. The van der Waals surface area contributed by atoms with Crippen LogP contribution >= 0.6 is 0 Å². The van der Waals surface area contributed by atoms with E-state index in [4.69, 9.17) is 0 Å². The molecule has 0 saturated heterocycles. The van der Waals surface area contributed by atoms with Crippen LogP contribution in [0.25, 0.3) is 0 Å². The van der Waals surface area contributed by atoms with Crippen molar-refractivity contribution in [3.8, 4) is 0 Å². The Morgan fingerprint density at radius 1 is 1.15 bits per heavy atom. The molecule has 4 heteroatoms. The first-order valence-corrected chi connectivity index (χ1v) is 7.76. The highest BCUT2D eigenvalue weighted by Gasteiger charge is 2.36. The highest BCUT2D eigenvalue weighted by molar-refractivity contribution is 5.78. The van der Waals surface area contributed by atoms with Crippen molar-refractivity contribution in [2.75, 3.05) is 6.54 Å². The van der Waals surface area contributed by atoms with Gasteiger partial charge < -0.3 is 5.11 Å². The van der Waals surface area contributed by atoms with Gasteiger partial charge in [-0.1, -0.05) is 13.8 Å². The Kier molecular flexibility index (Phi) is 7.74. The van der Waals surface area contributed by atoms with Crippen LogP contribution < -0.4 is 5.32 Å². The van der Waals surface area contributed by atoms with Gasteiger partial charge in [-0.3, -0.25) is 15.0 Å². The predicted molar refractivity (Wildman–Crippen MR) is 85.1 cm³/mol. The van der Waals surface area contributed by atoms with Crippen molar-refractivity contribution in [3.63, 3.8) is 0 Å². The Morgan fingerprint density at radius 2 is 1.65 bits per heavy atom. The summed E-state index contributed by atoms with van der Waals surface area (Å²) in [5.74, 6) is -0.194. The number of aliphatic carboxylic acids is 1. The summed E-state index contributed by atoms with van der Waals surface area (Å²) in [6.07, 6.45) is 0.603. The second-order valence-corrected chi connectivity index (χ2v) is 7.17. The average Bonchev–Trinajstić information content (AvgIpc) is 2.23. The van der Waals surface area contributed by atoms with Crippen LogP contribution in [0, 0.1) is 5.92 Å². The van der Waals surface area contributed by atoms with E-state index < -0.39 is 11.5 Å². The van der Waals surface area contributed by atoms with Gasteiger partial charge in [0.2, 0.25) is 0 Å². The van der Waals surface area contributed by atoms with Crippen LogP contribution in [0.15, 0.2) is 0 Å². The molecule has 0 heterocycles. The number of rotatable bonds is 9. The van der Waals surface area contributed by atoms with Gasteiger partial charge in [-0.05, 0) is 53.9 Å². The van der Waals surface area contributed by atoms with Crippen LogP contribution in [0.3, 0.4) is 0 Å². The lowest BCUT2D eigenvalue weighted by Gasteiger charge is -2.39. The first kappa shape index (κ1) is 19.4. The second-order valence-electron chi connectivity index (χ2n) is 7.17. The lowest BCUT2D eigenvalue weighted by molar-refractivity contribution is -0.145. The quantitative estimate of drug-likeness (QED) is 0.684. The highest BCUT2D eigenvalue weighted by Crippen LogP contribution is 2.20. The van der Waals surface area contributed by atoms with Gasteiger partial charge in [0, 0.05) is 24.7 Å². The number of nitrogens with one attached hydrogen (secondary N) is 1. The minimum atomic E-state index is -0.877. The Morgan fingerprint density at radius 3 is 1.95 bits per heavy atom. The van der Waals surface area contributed by atoms with Crippen molar-refractivity contribution in [2.24, 2.45) is 5.92 Å². The summed E-state index contributed by atoms with van der Waals surface area (Å²) >= 11 is 0. The summed E-state index contributed by atoms with van der Waals surface area (Å²) in [6.45, 7) is 17.6. The maximum absolute atomic E-state index is 11.6. The molecule has 2 unspecified atom stereocenters. The maximum Gasteiger partial charge on any atom is 0.323 e. The zero-order valence-electron chi connectivity index (χ0n) is 14.5. The molecule has 4 nitrogen and oxygen atoms in total. The van der Waals surface area contributed by atoms with Gasteiger partial charge in [0.25, 0.3) is 0 Å². The van der Waals surface area contributed by atoms with E-state index in [-0.39, 0.29) is 12.1 Å². The molecule has 0 radical (unpaired) electrons. The SMILES string of the molecule is CC(C)CN(C(C)C)C(C)CC(C)(NC(C)C)C(=O)O. The highest BCUT2D eigenvalue weighted by atomic mass is 16.4. The van der Waals surface area contributed by atoms with Crippen molar-refractivity contribution >= 4 is 5.97 Å². The molecule has 0 spiro atoms. The normalized spacial score (nSPS) is 17.0. The summed E-state index contributed by atoms with van der Waals surface area (Å²) in [6, 6.07) is 0.801. The number of hydrogen-bond donors (Lipinski definition) is 2. The van der Waals surface area contributed by atoms with Gasteiger partial charge in [-0.15, -0.1) is 0 Å². The number of carboxylic acids is 1. The number of hydrogen-bond acceptors (Lipinski definition) is 3. The van der Waals surface area contributed by atoms with Crippen LogP contribution in [0.2, 0.25) is 0 Å². The van der Waals surface area contributed by atoms with Gasteiger partial charge in [0.15, 0.2) is 0 Å². The lowest BCUT2D eigenvalue weighted by Crippen LogP contribution is -2.56. The molecule has 0 aromatic heterocycles. The Hall–Kier alpha value is -0.610. The first-order valence-electron chi connectivity index (χ1n) is 7.76. The second kappa shape index (κ2) is 7.99. The zero-order chi connectivity index (χ0) is 16.1. The van der Waals surface area contributed by atoms with E-state index in [9.17, 15) is 9.90 Å². The van der Waals surface area contributed by atoms with Crippen molar-refractivity contribution in [3.05, 3.63) is 0 Å². The number of carboxylic acid groups (broad SMARTS) is 1. The van der Waals surface area contributed by atoms with Crippen molar-refractivity contribution in [1.29, 1.82) is 0 Å². The molecule has 120 valence electrons. The van der Waals surface area contributed by atoms with Crippen LogP contribution in [0.5, 0.6) is 0 Å². The third-order valence-electron chi connectivity index (χ3n) is 3.59. The molecule has 0 fully saturated rings. The summed E-state index contributed by atoms with van der Waals surface area (Å²) in [5, 5.41) is 12.8. The molecule has 0 saturated carbocycles. The fourth-order valence-corrected chi connectivity index (χ4v) is 2.87. The van der Waals surface area contributed by atoms with Crippen molar-refractivity contribution in [2.45, 2.75) is 85.5 Å². The number of carbonyl (C=O) groups is 1. The van der Waals surface area contributed by atoms with Crippen molar-refractivity contribution < 1.29 is 9.90 Å². The van der Waals surface area contributed by atoms with Gasteiger partial charge in [-0.25, -0.2) is 0 Å². The fraction of sp³-hybridized carbons (Fsp3) is 0.938. The minimum absolute atomic E-state index is 0.154. The Balaban J connectivity index is 4.96. The standard InChI is InChI=1S/C16H34N2O2/c1-11(2)10-18(13(5)6)14(7)9-16(8,15(19)20)17-12(3)4/h11-14,17H,9-10H2,1-8H3,(H,19,20). The molecule has 20 heavy (non-hydrogen) atoms. The lowest BCUT2D eigenvalue weighted by atomic mass is 9.91. The topological polar surface area (TPSA) is 52.6 Å². The third-order valence-corrected chi connectivity index (χ3v) is 3.59. The van der Waals surface area contributed by atoms with Crippen LogP contribution in [0.4, 0.5) is 0 Å². The Bertz CT molecular complexity index is 303. The average molecular weight is 286 g/mol. The molecule has 0 amide bonds. The summed E-state index contributed by atoms with van der Waals surface area (Å²) in [4.78, 5) is 14.0. The number of nitrogens with zero attached hydrogens (tertiary/aromatic N) is 1. The Labute approximate surface area is 124 Å². The molecule has 0 aromatic carbocycles. The largest absolute Gasteiger partial charge is 0.480 e. The molecule has 0 aliphatic rings. The summed E-state index contributed by atoms with van der Waals surface area (Å²) < 4.78 is 0.